The van der Waals surface area contributed by atoms with E-state index in [2.05, 4.69) is 29.8 Å². The lowest BCUT2D eigenvalue weighted by Crippen LogP contribution is -2.50. The Morgan fingerprint density at radius 2 is 2.04 bits per heavy atom. The van der Waals surface area contributed by atoms with E-state index in [4.69, 9.17) is 9.15 Å². The van der Waals surface area contributed by atoms with Crippen molar-refractivity contribution in [2.24, 2.45) is 5.92 Å². The summed E-state index contributed by atoms with van der Waals surface area (Å²) >= 11 is 3.22. The quantitative estimate of drug-likeness (QED) is 0.778. The molecule has 3 rings (SSSR count). The van der Waals surface area contributed by atoms with Gasteiger partial charge in [-0.05, 0) is 53.2 Å². The van der Waals surface area contributed by atoms with Gasteiger partial charge in [0.25, 0.3) is 5.91 Å². The lowest BCUT2D eigenvalue weighted by atomic mass is 9.98. The van der Waals surface area contributed by atoms with E-state index in [0.29, 0.717) is 36.0 Å². The molecule has 2 saturated heterocycles. The first-order chi connectivity index (χ1) is 11.5. The predicted octanol–water partition coefficient (Wildman–Crippen LogP) is 3.51. The molecule has 0 bridgehead atoms. The third-order valence-electron chi connectivity index (χ3n) is 4.68. The van der Waals surface area contributed by atoms with Gasteiger partial charge in [0.15, 0.2) is 10.4 Å². The van der Waals surface area contributed by atoms with Gasteiger partial charge < -0.3 is 14.1 Å². The summed E-state index contributed by atoms with van der Waals surface area (Å²) in [6.07, 6.45) is 2.29. The van der Waals surface area contributed by atoms with Crippen molar-refractivity contribution in [3.05, 3.63) is 22.6 Å². The van der Waals surface area contributed by atoms with Crippen molar-refractivity contribution in [1.82, 2.24) is 9.80 Å². The zero-order chi connectivity index (χ0) is 17.3. The fourth-order valence-electron chi connectivity index (χ4n) is 3.58. The second-order valence-corrected chi connectivity index (χ2v) is 7.68. The summed E-state index contributed by atoms with van der Waals surface area (Å²) in [7, 11) is 0. The van der Waals surface area contributed by atoms with Crippen LogP contribution in [0, 0.1) is 5.92 Å². The number of rotatable bonds is 4. The number of halogens is 1. The summed E-state index contributed by atoms with van der Waals surface area (Å²) in [5, 5.41) is 0. The molecule has 7 heteroatoms. The van der Waals surface area contributed by atoms with E-state index < -0.39 is 0 Å². The Morgan fingerprint density at radius 1 is 1.33 bits per heavy atom. The summed E-state index contributed by atoms with van der Waals surface area (Å²) in [4.78, 5) is 28.2. The zero-order valence-corrected chi connectivity index (χ0v) is 15.6. The van der Waals surface area contributed by atoms with Crippen LogP contribution in [0.15, 0.2) is 21.2 Å². The molecular weight excluding hydrogens is 376 g/mol. The van der Waals surface area contributed by atoms with E-state index in [0.717, 1.165) is 19.3 Å². The van der Waals surface area contributed by atoms with Crippen LogP contribution in [-0.2, 0) is 4.74 Å². The molecule has 2 fully saturated rings. The Hall–Kier alpha value is -1.50. The van der Waals surface area contributed by atoms with E-state index in [1.807, 2.05) is 4.90 Å². The highest BCUT2D eigenvalue weighted by atomic mass is 79.9. The Labute approximate surface area is 150 Å². The van der Waals surface area contributed by atoms with Crippen LogP contribution < -0.4 is 0 Å². The van der Waals surface area contributed by atoms with Crippen molar-refractivity contribution < 1.29 is 18.7 Å². The molecule has 2 amide bonds. The number of likely N-dealkylation sites (tertiary alicyclic amines) is 1. The number of ether oxygens (including phenoxy) is 1. The first kappa shape index (κ1) is 17.3. The molecular formula is C17H23BrN2O4. The fraction of sp³-hybridized carbons (Fsp3) is 0.647. The van der Waals surface area contributed by atoms with E-state index in [1.165, 1.54) is 0 Å². The molecule has 6 nitrogen and oxygen atoms in total. The maximum atomic E-state index is 12.4. The van der Waals surface area contributed by atoms with Crippen molar-refractivity contribution in [1.29, 1.82) is 0 Å². The highest BCUT2D eigenvalue weighted by molar-refractivity contribution is 9.10. The molecule has 0 aliphatic carbocycles. The van der Waals surface area contributed by atoms with E-state index in [-0.39, 0.29) is 24.1 Å². The molecule has 3 heterocycles. The zero-order valence-electron chi connectivity index (χ0n) is 14.0. The molecule has 0 saturated carbocycles. The summed E-state index contributed by atoms with van der Waals surface area (Å²) in [5.41, 5.74) is 0. The van der Waals surface area contributed by atoms with Gasteiger partial charge in [0, 0.05) is 19.1 Å². The van der Waals surface area contributed by atoms with Crippen LogP contribution in [0.1, 0.15) is 43.7 Å². The lowest BCUT2D eigenvalue weighted by molar-refractivity contribution is 0.0600. The maximum Gasteiger partial charge on any atom is 0.410 e. The average Bonchev–Trinajstić information content (AvgIpc) is 3.13. The van der Waals surface area contributed by atoms with Gasteiger partial charge in [-0.1, -0.05) is 13.8 Å². The van der Waals surface area contributed by atoms with E-state index >= 15 is 0 Å². The normalized spacial score (nSPS) is 22.3. The topological polar surface area (TPSA) is 63.0 Å². The van der Waals surface area contributed by atoms with Crippen molar-refractivity contribution >= 4 is 27.9 Å². The van der Waals surface area contributed by atoms with Crippen LogP contribution in [0.2, 0.25) is 0 Å². The van der Waals surface area contributed by atoms with Crippen LogP contribution in [0.5, 0.6) is 0 Å². The van der Waals surface area contributed by atoms with Gasteiger partial charge in [0.2, 0.25) is 0 Å². The molecule has 132 valence electrons. The first-order valence-electron chi connectivity index (χ1n) is 8.45. The van der Waals surface area contributed by atoms with Crippen LogP contribution in [-0.4, -0.2) is 53.6 Å². The van der Waals surface area contributed by atoms with Crippen molar-refractivity contribution in [2.45, 2.75) is 45.2 Å². The van der Waals surface area contributed by atoms with E-state index in [1.54, 1.807) is 17.0 Å². The number of hydrogen-bond donors (Lipinski definition) is 0. The molecule has 1 aromatic heterocycles. The number of cyclic esters (lactones) is 1. The Balaban J connectivity index is 1.60. The molecule has 2 aliphatic rings. The van der Waals surface area contributed by atoms with Gasteiger partial charge in [0.1, 0.15) is 6.61 Å². The SMILES string of the molecule is CC(C)CC1COC(=O)N1C1CCN(C(=O)c2ccc(Br)o2)CC1. The molecule has 1 unspecified atom stereocenters. The lowest BCUT2D eigenvalue weighted by Gasteiger charge is -2.37. The van der Waals surface area contributed by atoms with Crippen LogP contribution >= 0.6 is 15.9 Å². The third kappa shape index (κ3) is 3.61. The maximum absolute atomic E-state index is 12.4. The van der Waals surface area contributed by atoms with Crippen LogP contribution in [0.3, 0.4) is 0 Å². The van der Waals surface area contributed by atoms with Crippen molar-refractivity contribution in [2.75, 3.05) is 19.7 Å². The highest BCUT2D eigenvalue weighted by Crippen LogP contribution is 2.28. The second-order valence-electron chi connectivity index (χ2n) is 6.89. The standard InChI is InChI=1S/C17H23BrN2O4/c1-11(2)9-13-10-23-17(22)20(13)12-5-7-19(8-6-12)16(21)14-3-4-15(18)24-14/h3-4,11-13H,5-10H2,1-2H3. The monoisotopic (exact) mass is 398 g/mol. The van der Waals surface area contributed by atoms with Crippen molar-refractivity contribution in [3.8, 4) is 0 Å². The Kier molecular flexibility index (Phi) is 5.18. The molecule has 0 aromatic carbocycles. The largest absolute Gasteiger partial charge is 0.447 e. The predicted molar refractivity (Wildman–Crippen MR) is 91.8 cm³/mol. The number of amides is 2. The van der Waals surface area contributed by atoms with Gasteiger partial charge >= 0.3 is 6.09 Å². The summed E-state index contributed by atoms with van der Waals surface area (Å²) < 4.78 is 11.2. The summed E-state index contributed by atoms with van der Waals surface area (Å²) in [5.74, 6) is 0.770. The average molecular weight is 399 g/mol. The second kappa shape index (κ2) is 7.17. The molecule has 1 atom stereocenters. The molecule has 0 radical (unpaired) electrons. The minimum Gasteiger partial charge on any atom is -0.447 e. The summed E-state index contributed by atoms with van der Waals surface area (Å²) in [6, 6.07) is 3.70. The number of furan rings is 1. The van der Waals surface area contributed by atoms with Gasteiger partial charge in [-0.2, -0.15) is 0 Å². The van der Waals surface area contributed by atoms with Gasteiger partial charge in [-0.25, -0.2) is 4.79 Å². The van der Waals surface area contributed by atoms with Gasteiger partial charge in [0.05, 0.1) is 6.04 Å². The molecule has 0 spiro atoms. The molecule has 1 aromatic rings. The van der Waals surface area contributed by atoms with Gasteiger partial charge in [-0.15, -0.1) is 0 Å². The highest BCUT2D eigenvalue weighted by Gasteiger charge is 2.40. The number of hydrogen-bond acceptors (Lipinski definition) is 4. The first-order valence-corrected chi connectivity index (χ1v) is 9.24. The molecule has 2 aliphatic heterocycles. The molecule has 24 heavy (non-hydrogen) atoms. The summed E-state index contributed by atoms with van der Waals surface area (Å²) in [6.45, 7) is 6.05. The van der Waals surface area contributed by atoms with Crippen LogP contribution in [0.25, 0.3) is 0 Å². The number of nitrogens with zero attached hydrogens (tertiary/aromatic N) is 2. The Bertz CT molecular complexity index is 607. The van der Waals surface area contributed by atoms with Crippen LogP contribution in [0.4, 0.5) is 4.79 Å². The number of carbonyl (C=O) groups is 2. The van der Waals surface area contributed by atoms with Crippen molar-refractivity contribution in [3.63, 3.8) is 0 Å². The fourth-order valence-corrected chi connectivity index (χ4v) is 3.88. The smallest absolute Gasteiger partial charge is 0.410 e. The third-order valence-corrected chi connectivity index (χ3v) is 5.10. The molecule has 0 N–H and O–H groups in total. The minimum atomic E-state index is -0.208. The minimum absolute atomic E-state index is 0.0955. The van der Waals surface area contributed by atoms with E-state index in [9.17, 15) is 9.59 Å². The number of piperidine rings is 1. The Morgan fingerprint density at radius 3 is 2.62 bits per heavy atom. The van der Waals surface area contributed by atoms with Gasteiger partial charge in [-0.3, -0.25) is 9.69 Å². The number of carbonyl (C=O) groups excluding carboxylic acids is 2.